The van der Waals surface area contributed by atoms with Crippen molar-refractivity contribution in [2.24, 2.45) is 17.3 Å². The molecular weight excluding hydrogens is 362 g/mol. The molecule has 2 heterocycles. The van der Waals surface area contributed by atoms with E-state index >= 15 is 0 Å². The van der Waals surface area contributed by atoms with Crippen LogP contribution in [-0.2, 0) is 16.1 Å². The van der Waals surface area contributed by atoms with Crippen LogP contribution in [0.2, 0.25) is 0 Å². The fourth-order valence-electron chi connectivity index (χ4n) is 3.67. The van der Waals surface area contributed by atoms with Gasteiger partial charge in [-0.25, -0.2) is 9.67 Å². The number of carbonyl (C=O) groups is 2. The number of para-hydroxylation sites is 1. The fourth-order valence-corrected chi connectivity index (χ4v) is 3.67. The summed E-state index contributed by atoms with van der Waals surface area (Å²) in [6, 6.07) is 9.27. The molecule has 0 aliphatic heterocycles. The minimum Gasteiger partial charge on any atom is -0.481 e. The normalized spacial score (nSPS) is 20.1. The Morgan fingerprint density at radius 1 is 1.25 bits per heavy atom. The summed E-state index contributed by atoms with van der Waals surface area (Å²) >= 11 is 0. The summed E-state index contributed by atoms with van der Waals surface area (Å²) in [4.78, 5) is 43.0. The van der Waals surface area contributed by atoms with Crippen LogP contribution in [0.1, 0.15) is 19.7 Å². The van der Waals surface area contributed by atoms with Crippen molar-refractivity contribution >= 4 is 22.9 Å². The Hall–Kier alpha value is -3.49. The summed E-state index contributed by atoms with van der Waals surface area (Å²) in [6.07, 6.45) is 1.45. The van der Waals surface area contributed by atoms with Crippen molar-refractivity contribution in [1.29, 1.82) is 0 Å². The molecule has 1 aliphatic rings. The van der Waals surface area contributed by atoms with Crippen LogP contribution in [0.5, 0.6) is 0 Å². The number of carbonyl (C=O) groups excluding carboxylic acids is 1. The van der Waals surface area contributed by atoms with Gasteiger partial charge in [-0.3, -0.25) is 14.4 Å². The lowest BCUT2D eigenvalue weighted by Gasteiger charge is -2.07. The van der Waals surface area contributed by atoms with Gasteiger partial charge in [0.2, 0.25) is 5.91 Å². The predicted molar refractivity (Wildman–Crippen MR) is 99.7 cm³/mol. The largest absolute Gasteiger partial charge is 0.481 e. The number of nitrogens with one attached hydrogen (secondary N) is 2. The predicted octanol–water partition coefficient (Wildman–Crippen LogP) is 1.08. The average Bonchev–Trinajstić information content (AvgIpc) is 3.02. The maximum Gasteiger partial charge on any atom is 0.307 e. The number of aromatic amines is 1. The van der Waals surface area contributed by atoms with Crippen molar-refractivity contribution in [2.45, 2.75) is 20.4 Å². The summed E-state index contributed by atoms with van der Waals surface area (Å²) < 4.78 is 1.56. The molecule has 0 bridgehead atoms. The third-order valence-electron chi connectivity index (χ3n) is 5.29. The number of nitrogens with zero attached hydrogens (tertiary/aromatic N) is 3. The molecule has 3 aromatic rings. The quantitative estimate of drug-likeness (QED) is 0.606. The molecule has 1 aliphatic carbocycles. The molecule has 144 valence electrons. The van der Waals surface area contributed by atoms with Gasteiger partial charge in [0.05, 0.1) is 30.3 Å². The molecule has 0 radical (unpaired) electrons. The first-order valence-corrected chi connectivity index (χ1v) is 8.83. The van der Waals surface area contributed by atoms with Gasteiger partial charge in [0.1, 0.15) is 11.2 Å². The van der Waals surface area contributed by atoms with E-state index in [2.05, 4.69) is 20.4 Å². The molecule has 3 N–H and O–H groups in total. The number of fused-ring (bicyclic) bond motifs is 1. The van der Waals surface area contributed by atoms with E-state index in [9.17, 15) is 19.5 Å². The van der Waals surface area contributed by atoms with Gasteiger partial charge in [-0.05, 0) is 17.5 Å². The molecule has 0 saturated heterocycles. The van der Waals surface area contributed by atoms with E-state index in [-0.39, 0.29) is 23.8 Å². The summed E-state index contributed by atoms with van der Waals surface area (Å²) in [5, 5.41) is 16.5. The molecular formula is C19H19N5O4. The highest BCUT2D eigenvalue weighted by atomic mass is 16.4. The number of hydrogen-bond acceptors (Lipinski definition) is 5. The number of H-pyrrole nitrogens is 1. The summed E-state index contributed by atoms with van der Waals surface area (Å²) in [5.74, 6) is -2.38. The number of amides is 1. The van der Waals surface area contributed by atoms with E-state index in [0.717, 1.165) is 5.69 Å². The van der Waals surface area contributed by atoms with E-state index < -0.39 is 23.2 Å². The van der Waals surface area contributed by atoms with Gasteiger partial charge in [0.25, 0.3) is 5.56 Å². The van der Waals surface area contributed by atoms with Crippen molar-refractivity contribution in [3.8, 4) is 5.69 Å². The Morgan fingerprint density at radius 2 is 1.96 bits per heavy atom. The average molecular weight is 381 g/mol. The first-order chi connectivity index (χ1) is 13.3. The first-order valence-electron chi connectivity index (χ1n) is 8.83. The molecule has 9 nitrogen and oxygen atoms in total. The van der Waals surface area contributed by atoms with Crippen molar-refractivity contribution in [1.82, 2.24) is 25.1 Å². The van der Waals surface area contributed by atoms with Crippen LogP contribution in [-0.4, -0.2) is 36.7 Å². The molecule has 1 saturated carbocycles. The number of hydrogen-bond donors (Lipinski definition) is 3. The third kappa shape index (κ3) is 2.84. The van der Waals surface area contributed by atoms with Crippen LogP contribution in [0, 0.1) is 17.3 Å². The van der Waals surface area contributed by atoms with Crippen LogP contribution in [0.15, 0.2) is 41.3 Å². The molecule has 1 amide bonds. The van der Waals surface area contributed by atoms with Gasteiger partial charge in [-0.2, -0.15) is 5.10 Å². The minimum atomic E-state index is -0.982. The molecule has 2 atom stereocenters. The lowest BCUT2D eigenvalue weighted by Crippen LogP contribution is -2.28. The molecule has 1 fully saturated rings. The van der Waals surface area contributed by atoms with Crippen molar-refractivity contribution in [2.75, 3.05) is 0 Å². The van der Waals surface area contributed by atoms with Gasteiger partial charge in [-0.15, -0.1) is 0 Å². The van der Waals surface area contributed by atoms with Crippen molar-refractivity contribution in [3.63, 3.8) is 0 Å². The SMILES string of the molecule is CC1(C)[C@@H](C(=O)O)[C@@H]1C(=O)NCc1nc2c(cnn2-c2ccccc2)c(=O)[nH]1. The number of aromatic nitrogens is 4. The summed E-state index contributed by atoms with van der Waals surface area (Å²) in [6.45, 7) is 3.49. The van der Waals surface area contributed by atoms with E-state index in [4.69, 9.17) is 0 Å². The second-order valence-electron chi connectivity index (χ2n) is 7.47. The van der Waals surface area contributed by atoms with Crippen LogP contribution in [0.4, 0.5) is 0 Å². The minimum absolute atomic E-state index is 0.0110. The van der Waals surface area contributed by atoms with Crippen LogP contribution in [0.25, 0.3) is 16.7 Å². The zero-order chi connectivity index (χ0) is 20.1. The number of rotatable bonds is 5. The van der Waals surface area contributed by atoms with Crippen molar-refractivity contribution < 1.29 is 14.7 Å². The Balaban J connectivity index is 1.58. The molecule has 0 unspecified atom stereocenters. The molecule has 1 aromatic carbocycles. The standard InChI is InChI=1S/C19H19N5O4/c1-19(2)13(14(19)18(27)28)17(26)20-9-12-22-15-11(16(25)23-12)8-21-24(15)10-6-4-3-5-7-10/h3-8,13-14H,9H2,1-2H3,(H,20,26)(H,27,28)(H,22,23,25)/t13-,14-/m1/s1. The van der Waals surface area contributed by atoms with E-state index in [0.29, 0.717) is 11.0 Å². The maximum absolute atomic E-state index is 12.4. The fraction of sp³-hybridized carbons (Fsp3) is 0.316. The monoisotopic (exact) mass is 381 g/mol. The van der Waals surface area contributed by atoms with Gasteiger partial charge < -0.3 is 15.4 Å². The molecule has 4 rings (SSSR count). The number of carboxylic acid groups (broad SMARTS) is 1. The number of aliphatic carboxylic acids is 1. The summed E-state index contributed by atoms with van der Waals surface area (Å²) in [7, 11) is 0. The molecule has 0 spiro atoms. The molecule has 9 heteroatoms. The summed E-state index contributed by atoms with van der Waals surface area (Å²) in [5.41, 5.74) is 0.197. The van der Waals surface area contributed by atoms with E-state index in [1.54, 1.807) is 18.5 Å². The maximum atomic E-state index is 12.4. The highest BCUT2D eigenvalue weighted by Crippen LogP contribution is 2.58. The Morgan fingerprint density at radius 3 is 2.61 bits per heavy atom. The number of carboxylic acids is 1. The van der Waals surface area contributed by atoms with Crippen LogP contribution < -0.4 is 10.9 Å². The smallest absolute Gasteiger partial charge is 0.307 e. The Bertz CT molecular complexity index is 1130. The lowest BCUT2D eigenvalue weighted by molar-refractivity contribution is -0.140. The molecule has 2 aromatic heterocycles. The first kappa shape index (κ1) is 17.9. The highest BCUT2D eigenvalue weighted by molar-refractivity contribution is 5.91. The Labute approximate surface area is 159 Å². The lowest BCUT2D eigenvalue weighted by atomic mass is 10.1. The van der Waals surface area contributed by atoms with Gasteiger partial charge >= 0.3 is 5.97 Å². The van der Waals surface area contributed by atoms with E-state index in [1.807, 2.05) is 30.3 Å². The second kappa shape index (κ2) is 6.29. The molecule has 28 heavy (non-hydrogen) atoms. The van der Waals surface area contributed by atoms with Gasteiger partial charge in [0, 0.05) is 0 Å². The van der Waals surface area contributed by atoms with Crippen molar-refractivity contribution in [3.05, 3.63) is 52.7 Å². The van der Waals surface area contributed by atoms with Gasteiger partial charge in [0.15, 0.2) is 5.65 Å². The topological polar surface area (TPSA) is 130 Å². The zero-order valence-electron chi connectivity index (χ0n) is 15.3. The Kier molecular flexibility index (Phi) is 4.02. The van der Waals surface area contributed by atoms with Crippen LogP contribution >= 0.6 is 0 Å². The van der Waals surface area contributed by atoms with E-state index in [1.165, 1.54) is 6.20 Å². The number of benzene rings is 1. The van der Waals surface area contributed by atoms with Crippen LogP contribution in [0.3, 0.4) is 0 Å². The zero-order valence-corrected chi connectivity index (χ0v) is 15.3. The third-order valence-corrected chi connectivity index (χ3v) is 5.29. The van der Waals surface area contributed by atoms with Gasteiger partial charge in [-0.1, -0.05) is 32.0 Å². The highest BCUT2D eigenvalue weighted by Gasteiger charge is 2.65. The second-order valence-corrected chi connectivity index (χ2v) is 7.47.